The Labute approximate surface area is 139 Å². The maximum absolute atomic E-state index is 11.4. The van der Waals surface area contributed by atoms with E-state index in [1.54, 1.807) is 19.4 Å². The first-order valence-corrected chi connectivity index (χ1v) is 8.13. The molecule has 0 spiro atoms. The van der Waals surface area contributed by atoms with E-state index in [1.807, 2.05) is 15.7 Å². The molecule has 0 unspecified atom stereocenters. The van der Waals surface area contributed by atoms with E-state index in [1.165, 1.54) is 0 Å². The van der Waals surface area contributed by atoms with Gasteiger partial charge >= 0.3 is 5.69 Å². The molecule has 2 aromatic rings. The number of aryl methyl sites for hydroxylation is 2. The van der Waals surface area contributed by atoms with Gasteiger partial charge in [0.05, 0.1) is 11.3 Å². The number of aromatic nitrogens is 4. The molecule has 2 aromatic heterocycles. The minimum absolute atomic E-state index is 0.0147. The molecule has 0 bridgehead atoms. The third-order valence-corrected chi connectivity index (χ3v) is 4.06. The quantitative estimate of drug-likeness (QED) is 0.470. The second kappa shape index (κ2) is 7.24. The van der Waals surface area contributed by atoms with Gasteiger partial charge in [0.1, 0.15) is 5.69 Å². The summed E-state index contributed by atoms with van der Waals surface area (Å²) >= 11 is 0. The Morgan fingerprint density at radius 1 is 1.33 bits per heavy atom. The molecule has 128 valence electrons. The predicted molar refractivity (Wildman–Crippen MR) is 90.2 cm³/mol. The summed E-state index contributed by atoms with van der Waals surface area (Å²) < 4.78 is 2.00. The normalized spacial score (nSPS) is 14.1. The number of nitro groups is 1. The van der Waals surface area contributed by atoms with E-state index in [0.29, 0.717) is 24.0 Å². The molecule has 1 aliphatic rings. The number of rotatable bonds is 7. The van der Waals surface area contributed by atoms with Gasteiger partial charge in [0, 0.05) is 38.6 Å². The number of imidazole rings is 1. The lowest BCUT2D eigenvalue weighted by Crippen LogP contribution is -2.22. The highest BCUT2D eigenvalue weighted by atomic mass is 16.6. The summed E-state index contributed by atoms with van der Waals surface area (Å²) in [6, 6.07) is 0. The molecule has 1 aliphatic heterocycles. The summed E-state index contributed by atoms with van der Waals surface area (Å²) in [7, 11) is 0. The van der Waals surface area contributed by atoms with Crippen molar-refractivity contribution in [2.24, 2.45) is 0 Å². The van der Waals surface area contributed by atoms with Crippen LogP contribution in [0.25, 0.3) is 0 Å². The van der Waals surface area contributed by atoms with Gasteiger partial charge in [0.15, 0.2) is 0 Å². The van der Waals surface area contributed by atoms with Crippen LogP contribution >= 0.6 is 0 Å². The zero-order valence-electron chi connectivity index (χ0n) is 13.7. The molecule has 3 rings (SSSR count). The monoisotopic (exact) mass is 331 g/mol. The second-order valence-electron chi connectivity index (χ2n) is 5.84. The third-order valence-electron chi connectivity index (χ3n) is 4.06. The van der Waals surface area contributed by atoms with Gasteiger partial charge in [-0.3, -0.25) is 10.1 Å². The molecule has 3 heterocycles. The van der Waals surface area contributed by atoms with Crippen molar-refractivity contribution >= 4 is 17.5 Å². The van der Waals surface area contributed by atoms with E-state index in [4.69, 9.17) is 0 Å². The van der Waals surface area contributed by atoms with Crippen molar-refractivity contribution in [3.05, 3.63) is 34.5 Å². The highest BCUT2D eigenvalue weighted by Gasteiger charge is 2.27. The summed E-state index contributed by atoms with van der Waals surface area (Å²) in [5.74, 6) is 0.882. The van der Waals surface area contributed by atoms with Crippen molar-refractivity contribution in [2.75, 3.05) is 29.9 Å². The van der Waals surface area contributed by atoms with Crippen molar-refractivity contribution in [3.8, 4) is 0 Å². The van der Waals surface area contributed by atoms with Crippen molar-refractivity contribution in [2.45, 2.75) is 32.7 Å². The molecule has 0 amide bonds. The van der Waals surface area contributed by atoms with Crippen LogP contribution < -0.4 is 10.2 Å². The molecule has 0 saturated carbocycles. The lowest BCUT2D eigenvalue weighted by Gasteiger charge is -2.18. The molecule has 0 aliphatic carbocycles. The van der Waals surface area contributed by atoms with Crippen molar-refractivity contribution in [1.29, 1.82) is 0 Å². The molecule has 9 nitrogen and oxygen atoms in total. The molecule has 0 atom stereocenters. The molecule has 1 saturated heterocycles. The fraction of sp³-hybridized carbons (Fsp3) is 0.533. The molecular weight excluding hydrogens is 310 g/mol. The van der Waals surface area contributed by atoms with Gasteiger partial charge in [0.2, 0.25) is 11.8 Å². The molecule has 0 radical (unpaired) electrons. The lowest BCUT2D eigenvalue weighted by molar-refractivity contribution is -0.385. The first-order chi connectivity index (χ1) is 11.6. The van der Waals surface area contributed by atoms with E-state index in [2.05, 4.69) is 20.3 Å². The second-order valence-corrected chi connectivity index (χ2v) is 5.84. The van der Waals surface area contributed by atoms with Crippen molar-refractivity contribution < 1.29 is 4.92 Å². The molecular formula is C15H21N7O2. The molecule has 0 aromatic carbocycles. The van der Waals surface area contributed by atoms with Gasteiger partial charge in [-0.25, -0.2) is 9.97 Å². The number of hydrogen-bond acceptors (Lipinski definition) is 7. The van der Waals surface area contributed by atoms with Gasteiger partial charge in [0.25, 0.3) is 0 Å². The van der Waals surface area contributed by atoms with Crippen LogP contribution in [0.3, 0.4) is 0 Å². The Morgan fingerprint density at radius 3 is 2.79 bits per heavy atom. The highest BCUT2D eigenvalue weighted by molar-refractivity contribution is 5.62. The average molecular weight is 331 g/mol. The van der Waals surface area contributed by atoms with Crippen LogP contribution in [0.1, 0.15) is 25.0 Å². The Balaban J connectivity index is 1.70. The molecule has 9 heteroatoms. The smallest absolute Gasteiger partial charge is 0.332 e. The van der Waals surface area contributed by atoms with Crippen LogP contribution in [-0.2, 0) is 6.54 Å². The van der Waals surface area contributed by atoms with Gasteiger partial charge in [-0.1, -0.05) is 0 Å². The van der Waals surface area contributed by atoms with Gasteiger partial charge in [-0.15, -0.1) is 0 Å². The van der Waals surface area contributed by atoms with Crippen LogP contribution in [-0.4, -0.2) is 44.1 Å². The van der Waals surface area contributed by atoms with Gasteiger partial charge in [-0.05, 0) is 26.2 Å². The molecule has 1 N–H and O–H groups in total. The summed E-state index contributed by atoms with van der Waals surface area (Å²) in [4.78, 5) is 25.6. The molecule has 1 fully saturated rings. The first-order valence-electron chi connectivity index (χ1n) is 8.13. The van der Waals surface area contributed by atoms with Crippen LogP contribution in [0.2, 0.25) is 0 Å². The standard InChI is InChI=1S/C15H21N7O2/c1-12-13(22(23)24)14(21-8-2-3-9-21)19-15(18-12)17-5-4-7-20-10-6-16-11-20/h6,10-11H,2-5,7-9H2,1H3,(H,17,18,19). The molecule has 24 heavy (non-hydrogen) atoms. The average Bonchev–Trinajstić information content (AvgIpc) is 3.24. The van der Waals surface area contributed by atoms with Crippen LogP contribution in [0, 0.1) is 17.0 Å². The van der Waals surface area contributed by atoms with Gasteiger partial charge in [-0.2, -0.15) is 4.98 Å². The van der Waals surface area contributed by atoms with E-state index >= 15 is 0 Å². The fourth-order valence-electron chi connectivity index (χ4n) is 2.87. The van der Waals surface area contributed by atoms with Crippen LogP contribution in [0.4, 0.5) is 17.5 Å². The number of nitrogens with one attached hydrogen (secondary N) is 1. The van der Waals surface area contributed by atoms with Gasteiger partial charge < -0.3 is 14.8 Å². The van der Waals surface area contributed by atoms with Crippen molar-refractivity contribution in [1.82, 2.24) is 19.5 Å². The zero-order chi connectivity index (χ0) is 16.9. The summed E-state index contributed by atoms with van der Waals surface area (Å²) in [5.41, 5.74) is 0.412. The Morgan fingerprint density at radius 2 is 2.12 bits per heavy atom. The third kappa shape index (κ3) is 3.61. The SMILES string of the molecule is Cc1nc(NCCCn2ccnc2)nc(N2CCCC2)c1[N+](=O)[O-]. The largest absolute Gasteiger partial charge is 0.354 e. The summed E-state index contributed by atoms with van der Waals surface area (Å²) in [5, 5.41) is 14.5. The van der Waals surface area contributed by atoms with E-state index in [0.717, 1.165) is 38.9 Å². The summed E-state index contributed by atoms with van der Waals surface area (Å²) in [6.07, 6.45) is 8.39. The highest BCUT2D eigenvalue weighted by Crippen LogP contribution is 2.31. The Hall–Kier alpha value is -2.71. The maximum atomic E-state index is 11.4. The van der Waals surface area contributed by atoms with Crippen LogP contribution in [0.5, 0.6) is 0 Å². The van der Waals surface area contributed by atoms with E-state index in [-0.39, 0.29) is 10.6 Å². The predicted octanol–water partition coefficient (Wildman–Crippen LogP) is 1.99. The van der Waals surface area contributed by atoms with E-state index in [9.17, 15) is 10.1 Å². The van der Waals surface area contributed by atoms with E-state index < -0.39 is 0 Å². The minimum atomic E-state index is -0.383. The number of hydrogen-bond donors (Lipinski definition) is 1. The Kier molecular flexibility index (Phi) is 4.88. The summed E-state index contributed by atoms with van der Waals surface area (Å²) in [6.45, 7) is 4.80. The number of nitrogens with zero attached hydrogens (tertiary/aromatic N) is 6. The number of anilines is 2. The van der Waals surface area contributed by atoms with Crippen molar-refractivity contribution in [3.63, 3.8) is 0 Å². The Bertz CT molecular complexity index is 696. The first kappa shape index (κ1) is 16.2. The fourth-order valence-corrected chi connectivity index (χ4v) is 2.87. The maximum Gasteiger partial charge on any atom is 0.332 e. The minimum Gasteiger partial charge on any atom is -0.354 e. The zero-order valence-corrected chi connectivity index (χ0v) is 13.7. The topological polar surface area (TPSA) is 102 Å². The van der Waals surface area contributed by atoms with Crippen LogP contribution in [0.15, 0.2) is 18.7 Å². The lowest BCUT2D eigenvalue weighted by atomic mass is 10.3.